The van der Waals surface area contributed by atoms with Crippen molar-refractivity contribution in [3.05, 3.63) is 0 Å². The molecule has 0 aromatic rings. The number of aliphatic hydroxyl groups excluding tert-OH is 1. The maximum absolute atomic E-state index is 11.7. The number of rotatable bonds is 4. The van der Waals surface area contributed by atoms with Gasteiger partial charge in [0.1, 0.15) is 5.60 Å². The molecule has 1 N–H and O–H groups in total. The Morgan fingerprint density at radius 2 is 2.05 bits per heavy atom. The summed E-state index contributed by atoms with van der Waals surface area (Å²) in [7, 11) is 0. The number of ether oxygens (including phenoxy) is 1. The van der Waals surface area contributed by atoms with Crippen LogP contribution in [0.25, 0.3) is 0 Å². The average Bonchev–Trinajstić information content (AvgIpc) is 2.08. The van der Waals surface area contributed by atoms with E-state index in [0.717, 1.165) is 18.8 Å². The first kappa shape index (κ1) is 15.0. The summed E-state index contributed by atoms with van der Waals surface area (Å²) in [4.78, 5) is 13.5. The fraction of sp³-hybridized carbons (Fsp3) is 0.929. The van der Waals surface area contributed by atoms with Gasteiger partial charge >= 0.3 is 6.09 Å². The lowest BCUT2D eigenvalue weighted by Crippen LogP contribution is -2.53. The Balaban J connectivity index is 1.59. The van der Waals surface area contributed by atoms with Crippen LogP contribution in [0, 0.1) is 5.92 Å². The van der Waals surface area contributed by atoms with Gasteiger partial charge < -0.3 is 14.7 Å². The van der Waals surface area contributed by atoms with Crippen molar-refractivity contribution in [1.29, 1.82) is 0 Å². The summed E-state index contributed by atoms with van der Waals surface area (Å²) in [5.41, 5.74) is -0.421. The first-order chi connectivity index (χ1) is 8.85. The summed E-state index contributed by atoms with van der Waals surface area (Å²) in [5, 5.41) is 10.4. The molecule has 1 heterocycles. The van der Waals surface area contributed by atoms with Gasteiger partial charge in [0.25, 0.3) is 0 Å². The number of hydrogen-bond donors (Lipinski definition) is 1. The number of amides is 1. The van der Waals surface area contributed by atoms with E-state index < -0.39 is 5.60 Å². The molecule has 0 aromatic heterocycles. The molecule has 1 aliphatic carbocycles. The zero-order chi connectivity index (χ0) is 14.0. The van der Waals surface area contributed by atoms with E-state index in [1.165, 1.54) is 19.3 Å². The van der Waals surface area contributed by atoms with Crippen LogP contribution in [-0.4, -0.2) is 51.9 Å². The minimum atomic E-state index is -0.421. The predicted octanol–water partition coefficient (Wildman–Crippen LogP) is 2.50. The van der Waals surface area contributed by atoms with Crippen molar-refractivity contribution in [1.82, 2.24) is 4.90 Å². The third-order valence-electron chi connectivity index (χ3n) is 3.70. The fourth-order valence-corrected chi connectivity index (χ4v) is 3.53. The molecule has 110 valence electrons. The Kier molecular flexibility index (Phi) is 4.66. The van der Waals surface area contributed by atoms with E-state index in [9.17, 15) is 9.90 Å². The molecule has 1 amide bonds. The van der Waals surface area contributed by atoms with Gasteiger partial charge in [0, 0.05) is 24.1 Å². The van der Waals surface area contributed by atoms with Crippen LogP contribution in [0.4, 0.5) is 4.79 Å². The summed E-state index contributed by atoms with van der Waals surface area (Å²) in [6.07, 6.45) is 3.24. The van der Waals surface area contributed by atoms with Gasteiger partial charge in [0.05, 0.1) is 6.10 Å². The molecule has 2 fully saturated rings. The van der Waals surface area contributed by atoms with Gasteiger partial charge in [-0.2, -0.15) is 11.8 Å². The van der Waals surface area contributed by atoms with E-state index in [0.29, 0.717) is 11.2 Å². The van der Waals surface area contributed by atoms with Crippen LogP contribution in [0.3, 0.4) is 0 Å². The number of aliphatic hydroxyl groups is 1. The normalized spacial score (nSPS) is 22.6. The molecule has 0 spiro atoms. The van der Waals surface area contributed by atoms with Gasteiger partial charge in [-0.1, -0.05) is 6.42 Å². The number of likely N-dealkylation sites (tertiary alicyclic amines) is 1. The second-order valence-electron chi connectivity index (χ2n) is 6.60. The number of carbonyl (C=O) groups excluding carboxylic acids is 1. The first-order valence-electron chi connectivity index (χ1n) is 7.13. The zero-order valence-corrected chi connectivity index (χ0v) is 12.9. The third-order valence-corrected chi connectivity index (χ3v) is 5.00. The molecule has 2 aliphatic rings. The maximum atomic E-state index is 11.7. The van der Waals surface area contributed by atoms with Gasteiger partial charge in [0.15, 0.2) is 0 Å². The molecular formula is C14H25NO3S. The van der Waals surface area contributed by atoms with E-state index in [2.05, 4.69) is 0 Å². The Morgan fingerprint density at radius 1 is 1.42 bits per heavy atom. The monoisotopic (exact) mass is 287 g/mol. The minimum absolute atomic E-state index is 0.158. The van der Waals surface area contributed by atoms with Crippen molar-refractivity contribution in [3.8, 4) is 0 Å². The molecule has 1 saturated carbocycles. The number of hydrogen-bond acceptors (Lipinski definition) is 4. The van der Waals surface area contributed by atoms with Gasteiger partial charge in [-0.3, -0.25) is 0 Å². The molecule has 1 atom stereocenters. The Morgan fingerprint density at radius 3 is 2.53 bits per heavy atom. The minimum Gasteiger partial charge on any atom is -0.444 e. The summed E-state index contributed by atoms with van der Waals surface area (Å²) in [6.45, 7) is 7.14. The van der Waals surface area contributed by atoms with Gasteiger partial charge in [0.2, 0.25) is 0 Å². The lowest BCUT2D eigenvalue weighted by molar-refractivity contribution is 0.0143. The Labute approximate surface area is 119 Å². The first-order valence-corrected chi connectivity index (χ1v) is 8.17. The topological polar surface area (TPSA) is 49.8 Å². The van der Waals surface area contributed by atoms with Crippen LogP contribution >= 0.6 is 11.8 Å². The van der Waals surface area contributed by atoms with Crippen molar-refractivity contribution >= 4 is 17.9 Å². The fourth-order valence-electron chi connectivity index (χ4n) is 2.21. The second-order valence-corrected chi connectivity index (χ2v) is 7.93. The summed E-state index contributed by atoms with van der Waals surface area (Å²) in [6, 6.07) is 0. The number of thioether (sulfide) groups is 1. The molecular weight excluding hydrogens is 262 g/mol. The van der Waals surface area contributed by atoms with E-state index >= 15 is 0 Å². The highest BCUT2D eigenvalue weighted by atomic mass is 32.2. The molecule has 0 bridgehead atoms. The summed E-state index contributed by atoms with van der Waals surface area (Å²) >= 11 is 1.79. The highest BCUT2D eigenvalue weighted by Crippen LogP contribution is 2.33. The zero-order valence-electron chi connectivity index (χ0n) is 12.1. The molecule has 0 aromatic carbocycles. The quantitative estimate of drug-likeness (QED) is 0.863. The van der Waals surface area contributed by atoms with E-state index in [1.807, 2.05) is 20.8 Å². The number of carbonyl (C=O) groups is 1. The van der Waals surface area contributed by atoms with Crippen molar-refractivity contribution in [2.45, 2.75) is 57.0 Å². The summed E-state index contributed by atoms with van der Waals surface area (Å²) in [5.74, 6) is 1.33. The van der Waals surface area contributed by atoms with Gasteiger partial charge in [-0.25, -0.2) is 4.79 Å². The highest BCUT2D eigenvalue weighted by molar-refractivity contribution is 8.00. The molecule has 0 unspecified atom stereocenters. The second kappa shape index (κ2) is 5.92. The average molecular weight is 287 g/mol. The molecule has 1 aliphatic heterocycles. The van der Waals surface area contributed by atoms with Gasteiger partial charge in [-0.05, 0) is 39.5 Å². The molecule has 1 saturated heterocycles. The Hall–Kier alpha value is -0.420. The van der Waals surface area contributed by atoms with Crippen LogP contribution in [0.2, 0.25) is 0 Å². The van der Waals surface area contributed by atoms with Crippen molar-refractivity contribution < 1.29 is 14.6 Å². The lowest BCUT2D eigenvalue weighted by Gasteiger charge is -2.40. The van der Waals surface area contributed by atoms with E-state index in [4.69, 9.17) is 4.74 Å². The van der Waals surface area contributed by atoms with Crippen molar-refractivity contribution in [2.75, 3.05) is 18.8 Å². The van der Waals surface area contributed by atoms with Crippen LogP contribution in [0.15, 0.2) is 0 Å². The standard InChI is InChI=1S/C14H25NO3S/c1-14(2,3)18-13(17)15-7-11(8-15)19-9-12(16)10-5-4-6-10/h10-12,16H,4-9H2,1-3H3/t12-/m0/s1. The summed E-state index contributed by atoms with van der Waals surface area (Å²) < 4.78 is 5.31. The highest BCUT2D eigenvalue weighted by Gasteiger charge is 2.35. The van der Waals surface area contributed by atoms with E-state index in [1.54, 1.807) is 16.7 Å². The lowest BCUT2D eigenvalue weighted by atomic mass is 9.82. The SMILES string of the molecule is CC(C)(C)OC(=O)N1CC(SC[C@H](O)C2CCC2)C1. The molecule has 4 nitrogen and oxygen atoms in total. The largest absolute Gasteiger partial charge is 0.444 e. The molecule has 2 rings (SSSR count). The van der Waals surface area contributed by atoms with E-state index in [-0.39, 0.29) is 12.2 Å². The van der Waals surface area contributed by atoms with Crippen LogP contribution in [0.1, 0.15) is 40.0 Å². The van der Waals surface area contributed by atoms with Crippen molar-refractivity contribution in [3.63, 3.8) is 0 Å². The maximum Gasteiger partial charge on any atom is 0.410 e. The third kappa shape index (κ3) is 4.28. The van der Waals surface area contributed by atoms with Crippen LogP contribution < -0.4 is 0 Å². The predicted molar refractivity (Wildman–Crippen MR) is 77.4 cm³/mol. The smallest absolute Gasteiger partial charge is 0.410 e. The molecule has 0 radical (unpaired) electrons. The van der Waals surface area contributed by atoms with Gasteiger partial charge in [-0.15, -0.1) is 0 Å². The molecule has 19 heavy (non-hydrogen) atoms. The van der Waals surface area contributed by atoms with Crippen molar-refractivity contribution in [2.24, 2.45) is 5.92 Å². The van der Waals surface area contributed by atoms with Crippen LogP contribution in [-0.2, 0) is 4.74 Å². The Bertz CT molecular complexity index is 319. The number of nitrogens with zero attached hydrogens (tertiary/aromatic N) is 1. The van der Waals surface area contributed by atoms with Crippen LogP contribution in [0.5, 0.6) is 0 Å². The molecule has 5 heteroatoms.